The van der Waals surface area contributed by atoms with Gasteiger partial charge in [-0.05, 0) is 30.7 Å². The standard InChI is InChI=1S/C13H18ClN3O/c1-7-3-4-11(8(7)2)17-13(18)9-5-12(14)16-6-10(9)15/h5-8,11H,3-4,15H2,1-2H3,(H,17,18). The number of amides is 1. The zero-order valence-electron chi connectivity index (χ0n) is 10.6. The highest BCUT2D eigenvalue weighted by atomic mass is 35.5. The smallest absolute Gasteiger partial charge is 0.253 e. The van der Waals surface area contributed by atoms with Crippen molar-refractivity contribution < 1.29 is 4.79 Å². The molecule has 3 atom stereocenters. The van der Waals surface area contributed by atoms with Crippen LogP contribution in [0.3, 0.4) is 0 Å². The highest BCUT2D eigenvalue weighted by Crippen LogP contribution is 2.31. The summed E-state index contributed by atoms with van der Waals surface area (Å²) in [6.45, 7) is 4.39. The van der Waals surface area contributed by atoms with Gasteiger partial charge in [0.25, 0.3) is 5.91 Å². The Balaban J connectivity index is 2.10. The summed E-state index contributed by atoms with van der Waals surface area (Å²) < 4.78 is 0. The summed E-state index contributed by atoms with van der Waals surface area (Å²) in [7, 11) is 0. The number of hydrogen-bond acceptors (Lipinski definition) is 3. The van der Waals surface area contributed by atoms with Gasteiger partial charge in [-0.15, -0.1) is 0 Å². The summed E-state index contributed by atoms with van der Waals surface area (Å²) in [5, 5.41) is 3.32. The zero-order valence-corrected chi connectivity index (χ0v) is 11.4. The van der Waals surface area contributed by atoms with Crippen molar-refractivity contribution in [3.8, 4) is 0 Å². The third-order valence-electron chi connectivity index (χ3n) is 3.93. The van der Waals surface area contributed by atoms with Gasteiger partial charge in [0, 0.05) is 6.04 Å². The molecule has 5 heteroatoms. The largest absolute Gasteiger partial charge is 0.397 e. The van der Waals surface area contributed by atoms with E-state index >= 15 is 0 Å². The summed E-state index contributed by atoms with van der Waals surface area (Å²) in [4.78, 5) is 16.0. The molecule has 1 aromatic heterocycles. The molecule has 18 heavy (non-hydrogen) atoms. The van der Waals surface area contributed by atoms with Gasteiger partial charge < -0.3 is 11.1 Å². The van der Waals surface area contributed by atoms with E-state index < -0.39 is 0 Å². The molecule has 0 radical (unpaired) electrons. The highest BCUT2D eigenvalue weighted by Gasteiger charge is 2.31. The van der Waals surface area contributed by atoms with Gasteiger partial charge in [-0.3, -0.25) is 4.79 Å². The lowest BCUT2D eigenvalue weighted by atomic mass is 9.97. The Morgan fingerprint density at radius 1 is 1.50 bits per heavy atom. The number of carbonyl (C=O) groups is 1. The van der Waals surface area contributed by atoms with E-state index in [0.29, 0.717) is 23.1 Å². The van der Waals surface area contributed by atoms with E-state index in [1.807, 2.05) is 0 Å². The van der Waals surface area contributed by atoms with Crippen LogP contribution >= 0.6 is 11.6 Å². The molecule has 0 saturated heterocycles. The molecule has 3 N–H and O–H groups in total. The first kappa shape index (κ1) is 13.1. The van der Waals surface area contributed by atoms with Crippen molar-refractivity contribution in [1.29, 1.82) is 0 Å². The van der Waals surface area contributed by atoms with E-state index in [-0.39, 0.29) is 17.1 Å². The fourth-order valence-corrected chi connectivity index (χ4v) is 2.61. The third-order valence-corrected chi connectivity index (χ3v) is 4.13. The van der Waals surface area contributed by atoms with Crippen molar-refractivity contribution in [1.82, 2.24) is 10.3 Å². The van der Waals surface area contributed by atoms with Gasteiger partial charge in [-0.1, -0.05) is 25.4 Å². The molecule has 0 bridgehead atoms. The first-order valence-corrected chi connectivity index (χ1v) is 6.58. The second kappa shape index (κ2) is 5.14. The van der Waals surface area contributed by atoms with Crippen molar-refractivity contribution in [3.05, 3.63) is 23.0 Å². The van der Waals surface area contributed by atoms with Crippen LogP contribution in [0.15, 0.2) is 12.3 Å². The first-order chi connectivity index (χ1) is 8.49. The number of rotatable bonds is 2. The van der Waals surface area contributed by atoms with Gasteiger partial charge >= 0.3 is 0 Å². The van der Waals surface area contributed by atoms with Crippen LogP contribution in [0.4, 0.5) is 5.69 Å². The number of hydrogen-bond donors (Lipinski definition) is 2. The van der Waals surface area contributed by atoms with Crippen LogP contribution in [0, 0.1) is 11.8 Å². The van der Waals surface area contributed by atoms with Crippen molar-refractivity contribution in [2.24, 2.45) is 11.8 Å². The molecule has 3 unspecified atom stereocenters. The Kier molecular flexibility index (Phi) is 3.76. The van der Waals surface area contributed by atoms with Crippen LogP contribution in [0.5, 0.6) is 0 Å². The quantitative estimate of drug-likeness (QED) is 0.809. The number of aromatic nitrogens is 1. The van der Waals surface area contributed by atoms with Gasteiger partial charge in [0.1, 0.15) is 5.15 Å². The molecular formula is C13H18ClN3O. The Bertz CT molecular complexity index is 464. The molecular weight excluding hydrogens is 250 g/mol. The minimum atomic E-state index is -0.164. The molecule has 1 heterocycles. The number of nitrogens with one attached hydrogen (secondary N) is 1. The molecule has 0 aromatic carbocycles. The summed E-state index contributed by atoms with van der Waals surface area (Å²) in [6, 6.07) is 1.73. The van der Waals surface area contributed by atoms with Crippen molar-refractivity contribution >= 4 is 23.2 Å². The first-order valence-electron chi connectivity index (χ1n) is 6.21. The molecule has 0 spiro atoms. The van der Waals surface area contributed by atoms with E-state index in [1.165, 1.54) is 12.3 Å². The summed E-state index contributed by atoms with van der Waals surface area (Å²) in [5.74, 6) is 0.976. The van der Waals surface area contributed by atoms with Gasteiger partial charge in [0.2, 0.25) is 0 Å². The molecule has 1 aliphatic rings. The lowest BCUT2D eigenvalue weighted by molar-refractivity contribution is 0.0928. The highest BCUT2D eigenvalue weighted by molar-refractivity contribution is 6.29. The van der Waals surface area contributed by atoms with Crippen LogP contribution in [0.2, 0.25) is 5.15 Å². The summed E-state index contributed by atoms with van der Waals surface area (Å²) >= 11 is 5.78. The van der Waals surface area contributed by atoms with Gasteiger partial charge in [-0.2, -0.15) is 0 Å². The van der Waals surface area contributed by atoms with Crippen LogP contribution in [0.25, 0.3) is 0 Å². The molecule has 2 rings (SSSR count). The second-order valence-corrected chi connectivity index (χ2v) is 5.48. The SMILES string of the molecule is CC1CCC(NC(=O)c2cc(Cl)ncc2N)C1C. The Hall–Kier alpha value is -1.29. The fraction of sp³-hybridized carbons (Fsp3) is 0.538. The lowest BCUT2D eigenvalue weighted by Gasteiger charge is -2.20. The Morgan fingerprint density at radius 2 is 2.22 bits per heavy atom. The summed E-state index contributed by atoms with van der Waals surface area (Å²) in [6.07, 6.45) is 3.59. The topological polar surface area (TPSA) is 68.0 Å². The van der Waals surface area contributed by atoms with Crippen LogP contribution in [-0.2, 0) is 0 Å². The lowest BCUT2D eigenvalue weighted by Crippen LogP contribution is -2.37. The van der Waals surface area contributed by atoms with Crippen LogP contribution < -0.4 is 11.1 Å². The van der Waals surface area contributed by atoms with Gasteiger partial charge in [-0.25, -0.2) is 4.98 Å². The minimum absolute atomic E-state index is 0.164. The number of nitrogen functional groups attached to an aromatic ring is 1. The zero-order chi connectivity index (χ0) is 13.3. The third kappa shape index (κ3) is 2.58. The number of halogens is 1. The maximum Gasteiger partial charge on any atom is 0.253 e. The number of pyridine rings is 1. The number of nitrogens with two attached hydrogens (primary N) is 1. The fourth-order valence-electron chi connectivity index (χ4n) is 2.45. The molecule has 1 aromatic rings. The molecule has 4 nitrogen and oxygen atoms in total. The maximum atomic E-state index is 12.1. The maximum absolute atomic E-state index is 12.1. The monoisotopic (exact) mass is 267 g/mol. The number of anilines is 1. The van der Waals surface area contributed by atoms with E-state index in [9.17, 15) is 4.79 Å². The van der Waals surface area contributed by atoms with Gasteiger partial charge in [0.15, 0.2) is 0 Å². The van der Waals surface area contributed by atoms with Crippen LogP contribution in [-0.4, -0.2) is 16.9 Å². The Labute approximate surface area is 112 Å². The molecule has 1 aliphatic carbocycles. The van der Waals surface area contributed by atoms with Crippen molar-refractivity contribution in [3.63, 3.8) is 0 Å². The molecule has 1 saturated carbocycles. The Morgan fingerprint density at radius 3 is 2.83 bits per heavy atom. The van der Waals surface area contributed by atoms with E-state index in [0.717, 1.165) is 12.8 Å². The number of carbonyl (C=O) groups excluding carboxylic acids is 1. The van der Waals surface area contributed by atoms with Crippen molar-refractivity contribution in [2.75, 3.05) is 5.73 Å². The average molecular weight is 268 g/mol. The molecule has 0 aliphatic heterocycles. The normalized spacial score (nSPS) is 27.2. The van der Waals surface area contributed by atoms with Crippen molar-refractivity contribution in [2.45, 2.75) is 32.7 Å². The average Bonchev–Trinajstić information content (AvgIpc) is 2.64. The van der Waals surface area contributed by atoms with E-state index in [1.54, 1.807) is 0 Å². The molecule has 1 fully saturated rings. The van der Waals surface area contributed by atoms with E-state index in [2.05, 4.69) is 24.1 Å². The van der Waals surface area contributed by atoms with Crippen LogP contribution in [0.1, 0.15) is 37.0 Å². The summed E-state index contributed by atoms with van der Waals surface area (Å²) in [5.41, 5.74) is 6.51. The minimum Gasteiger partial charge on any atom is -0.397 e. The molecule has 98 valence electrons. The van der Waals surface area contributed by atoms with E-state index in [4.69, 9.17) is 17.3 Å². The predicted molar refractivity (Wildman–Crippen MR) is 72.5 cm³/mol. The molecule has 1 amide bonds. The van der Waals surface area contributed by atoms with Gasteiger partial charge in [0.05, 0.1) is 17.4 Å². The number of nitrogens with zero attached hydrogens (tertiary/aromatic N) is 1. The second-order valence-electron chi connectivity index (χ2n) is 5.09. The predicted octanol–water partition coefficient (Wildman–Crippen LogP) is 2.48.